The molecule has 2 aromatic heterocycles. The molecule has 0 radical (unpaired) electrons. The fourth-order valence-corrected chi connectivity index (χ4v) is 3.28. The molecule has 7 nitrogen and oxygen atoms in total. The van der Waals surface area contributed by atoms with Gasteiger partial charge in [0.1, 0.15) is 18.5 Å². The van der Waals surface area contributed by atoms with Crippen LogP contribution in [0.25, 0.3) is 0 Å². The lowest BCUT2D eigenvalue weighted by atomic mass is 10.0. The number of hydrogen-bond donors (Lipinski definition) is 1. The van der Waals surface area contributed by atoms with E-state index in [1.54, 1.807) is 19.4 Å². The van der Waals surface area contributed by atoms with Gasteiger partial charge in [-0.1, -0.05) is 18.0 Å². The van der Waals surface area contributed by atoms with Gasteiger partial charge >= 0.3 is 0 Å². The Morgan fingerprint density at radius 1 is 1.42 bits per heavy atom. The quantitative estimate of drug-likeness (QED) is 0.832. The number of nitrogens with zero attached hydrogens (tertiary/aromatic N) is 3. The van der Waals surface area contributed by atoms with Crippen LogP contribution in [0, 0.1) is 0 Å². The Bertz CT molecular complexity index is 599. The maximum absolute atomic E-state index is 10.4. The van der Waals surface area contributed by atoms with Crippen molar-refractivity contribution in [3.05, 3.63) is 35.9 Å². The normalized spacial score (nSPS) is 20.8. The minimum absolute atomic E-state index is 0.275. The summed E-state index contributed by atoms with van der Waals surface area (Å²) < 4.78 is 15.5. The summed E-state index contributed by atoms with van der Waals surface area (Å²) in [6, 6.07) is 3.90. The van der Waals surface area contributed by atoms with Crippen LogP contribution in [0.15, 0.2) is 27.3 Å². The highest BCUT2D eigenvalue weighted by atomic mass is 16.5. The molecule has 0 spiro atoms. The minimum Gasteiger partial charge on any atom is -0.467 e. The molecule has 1 saturated heterocycles. The smallest absolute Gasteiger partial charge is 0.252 e. The topological polar surface area (TPSA) is 84.8 Å². The molecule has 2 unspecified atom stereocenters. The summed E-state index contributed by atoms with van der Waals surface area (Å²) in [5, 5.41) is 14.5. The third-order valence-electron chi connectivity index (χ3n) is 4.49. The fraction of sp³-hybridized carbons (Fsp3) is 0.647. The van der Waals surface area contributed by atoms with Gasteiger partial charge in [-0.15, -0.1) is 0 Å². The molecule has 1 aliphatic heterocycles. The monoisotopic (exact) mass is 335 g/mol. The van der Waals surface area contributed by atoms with Crippen molar-refractivity contribution in [1.82, 2.24) is 15.0 Å². The zero-order chi connectivity index (χ0) is 16.8. The van der Waals surface area contributed by atoms with E-state index < -0.39 is 6.10 Å². The predicted octanol–water partition coefficient (Wildman–Crippen LogP) is 2.68. The van der Waals surface area contributed by atoms with Crippen molar-refractivity contribution in [2.75, 3.05) is 13.7 Å². The van der Waals surface area contributed by atoms with E-state index in [1.165, 1.54) is 12.8 Å². The van der Waals surface area contributed by atoms with Crippen LogP contribution in [-0.2, 0) is 17.9 Å². The van der Waals surface area contributed by atoms with Crippen molar-refractivity contribution in [1.29, 1.82) is 0 Å². The molecule has 0 amide bonds. The van der Waals surface area contributed by atoms with E-state index >= 15 is 0 Å². The van der Waals surface area contributed by atoms with Gasteiger partial charge in [-0.2, -0.15) is 4.98 Å². The first kappa shape index (κ1) is 17.1. The second kappa shape index (κ2) is 8.41. The standard InChI is InChI=1S/C17H25N3O4/c1-22-12-17-18-16(19-24-17)11-20-8-4-2-3-6-13(20)10-14(21)15-7-5-9-23-15/h5,7,9,13-14,21H,2-4,6,8,10-12H2,1H3. The van der Waals surface area contributed by atoms with Crippen LogP contribution in [-0.4, -0.2) is 39.8 Å². The zero-order valence-corrected chi connectivity index (χ0v) is 14.1. The van der Waals surface area contributed by atoms with Crippen LogP contribution in [0.3, 0.4) is 0 Å². The molecule has 3 heterocycles. The Balaban J connectivity index is 1.65. The number of aliphatic hydroxyl groups is 1. The largest absolute Gasteiger partial charge is 0.467 e. The van der Waals surface area contributed by atoms with Crippen LogP contribution in [0.5, 0.6) is 0 Å². The number of likely N-dealkylation sites (tertiary alicyclic amines) is 1. The highest BCUT2D eigenvalue weighted by molar-refractivity contribution is 5.02. The molecule has 24 heavy (non-hydrogen) atoms. The van der Waals surface area contributed by atoms with Crippen LogP contribution >= 0.6 is 0 Å². The van der Waals surface area contributed by atoms with Gasteiger partial charge in [-0.05, 0) is 37.9 Å². The molecular formula is C17H25N3O4. The fourth-order valence-electron chi connectivity index (χ4n) is 3.28. The number of ether oxygens (including phenoxy) is 1. The number of aromatic nitrogens is 2. The Morgan fingerprint density at radius 3 is 3.12 bits per heavy atom. The zero-order valence-electron chi connectivity index (χ0n) is 14.1. The predicted molar refractivity (Wildman–Crippen MR) is 86.0 cm³/mol. The van der Waals surface area contributed by atoms with Crippen molar-refractivity contribution < 1.29 is 18.8 Å². The van der Waals surface area contributed by atoms with E-state index in [2.05, 4.69) is 15.0 Å². The molecule has 0 bridgehead atoms. The Morgan fingerprint density at radius 2 is 2.33 bits per heavy atom. The summed E-state index contributed by atoms with van der Waals surface area (Å²) in [7, 11) is 1.60. The first-order chi connectivity index (χ1) is 11.8. The molecule has 3 rings (SSSR count). The van der Waals surface area contributed by atoms with Crippen LogP contribution in [0.4, 0.5) is 0 Å². The highest BCUT2D eigenvalue weighted by Gasteiger charge is 2.26. The average molecular weight is 335 g/mol. The maximum Gasteiger partial charge on any atom is 0.252 e. The number of rotatable bonds is 7. The third-order valence-corrected chi connectivity index (χ3v) is 4.49. The summed E-state index contributed by atoms with van der Waals surface area (Å²) in [5.74, 6) is 1.79. The van der Waals surface area contributed by atoms with Crippen LogP contribution in [0.2, 0.25) is 0 Å². The molecule has 1 N–H and O–H groups in total. The molecule has 0 aromatic carbocycles. The lowest BCUT2D eigenvalue weighted by molar-refractivity contribution is 0.0815. The minimum atomic E-state index is -0.583. The van der Waals surface area contributed by atoms with E-state index in [-0.39, 0.29) is 6.04 Å². The van der Waals surface area contributed by atoms with Gasteiger partial charge in [0, 0.05) is 13.2 Å². The number of methoxy groups -OCH3 is 1. The molecule has 2 atom stereocenters. The Hall–Kier alpha value is -1.70. The van der Waals surface area contributed by atoms with Crippen molar-refractivity contribution in [2.24, 2.45) is 0 Å². The molecule has 7 heteroatoms. The van der Waals surface area contributed by atoms with Crippen molar-refractivity contribution in [2.45, 2.75) is 57.4 Å². The van der Waals surface area contributed by atoms with E-state index in [0.717, 1.165) is 19.4 Å². The van der Waals surface area contributed by atoms with Gasteiger partial charge in [0.15, 0.2) is 5.82 Å². The number of hydrogen-bond acceptors (Lipinski definition) is 7. The van der Waals surface area contributed by atoms with Gasteiger partial charge in [-0.25, -0.2) is 0 Å². The van der Waals surface area contributed by atoms with Crippen LogP contribution < -0.4 is 0 Å². The van der Waals surface area contributed by atoms with Gasteiger partial charge in [0.25, 0.3) is 5.89 Å². The molecule has 2 aromatic rings. The highest BCUT2D eigenvalue weighted by Crippen LogP contribution is 2.27. The second-order valence-corrected chi connectivity index (χ2v) is 6.28. The third kappa shape index (κ3) is 4.43. The Kier molecular flexibility index (Phi) is 6.01. The number of furan rings is 1. The SMILES string of the molecule is COCc1nc(CN2CCCCCC2CC(O)c2ccco2)no1. The number of aliphatic hydroxyl groups excluding tert-OH is 1. The summed E-state index contributed by atoms with van der Waals surface area (Å²) in [4.78, 5) is 6.71. The van der Waals surface area contributed by atoms with E-state index in [1.807, 2.05) is 6.07 Å². The first-order valence-electron chi connectivity index (χ1n) is 8.52. The average Bonchev–Trinajstić information content (AvgIpc) is 3.20. The summed E-state index contributed by atoms with van der Waals surface area (Å²) >= 11 is 0. The summed E-state index contributed by atoms with van der Waals surface area (Å²) in [6.07, 6.45) is 6.26. The van der Waals surface area contributed by atoms with Gasteiger partial charge in [0.2, 0.25) is 0 Å². The first-order valence-corrected chi connectivity index (χ1v) is 8.52. The molecule has 1 fully saturated rings. The maximum atomic E-state index is 10.4. The summed E-state index contributed by atoms with van der Waals surface area (Å²) in [6.45, 7) is 1.93. The van der Waals surface area contributed by atoms with E-state index in [4.69, 9.17) is 13.7 Å². The second-order valence-electron chi connectivity index (χ2n) is 6.28. The lowest BCUT2D eigenvalue weighted by Crippen LogP contribution is -2.36. The molecule has 132 valence electrons. The van der Waals surface area contributed by atoms with E-state index in [9.17, 15) is 5.11 Å². The van der Waals surface area contributed by atoms with E-state index in [0.29, 0.717) is 37.0 Å². The lowest BCUT2D eigenvalue weighted by Gasteiger charge is -2.30. The van der Waals surface area contributed by atoms with Crippen molar-refractivity contribution >= 4 is 0 Å². The van der Waals surface area contributed by atoms with Crippen LogP contribution in [0.1, 0.15) is 55.7 Å². The van der Waals surface area contributed by atoms with Gasteiger partial charge in [-0.3, -0.25) is 4.90 Å². The van der Waals surface area contributed by atoms with Crippen molar-refractivity contribution in [3.8, 4) is 0 Å². The van der Waals surface area contributed by atoms with Gasteiger partial charge in [0.05, 0.1) is 12.8 Å². The van der Waals surface area contributed by atoms with Gasteiger partial charge < -0.3 is 18.8 Å². The molecular weight excluding hydrogens is 310 g/mol. The molecule has 0 aliphatic carbocycles. The summed E-state index contributed by atoms with van der Waals surface area (Å²) in [5.41, 5.74) is 0. The molecule has 0 saturated carbocycles. The molecule has 1 aliphatic rings. The Labute approximate surface area is 141 Å². The van der Waals surface area contributed by atoms with Crippen molar-refractivity contribution in [3.63, 3.8) is 0 Å².